The highest BCUT2D eigenvalue weighted by atomic mass is 19.4. The van der Waals surface area contributed by atoms with E-state index in [2.05, 4.69) is 0 Å². The Kier molecular flexibility index (Phi) is 5.11. The number of nitrogens with zero attached hydrogens (tertiary/aromatic N) is 2. The third-order valence-corrected chi connectivity index (χ3v) is 7.39. The van der Waals surface area contributed by atoms with Crippen molar-refractivity contribution < 1.29 is 23.1 Å². The van der Waals surface area contributed by atoms with E-state index >= 15 is 0 Å². The number of benzene rings is 1. The first kappa shape index (κ1) is 21.5. The van der Waals surface area contributed by atoms with Crippen molar-refractivity contribution in [3.05, 3.63) is 29.3 Å². The number of amides is 1. The first-order valence-corrected chi connectivity index (χ1v) is 10.8. The minimum Gasteiger partial charge on any atom is -0.390 e. The molecule has 0 unspecified atom stereocenters. The van der Waals surface area contributed by atoms with Gasteiger partial charge in [-0.2, -0.15) is 13.2 Å². The van der Waals surface area contributed by atoms with Gasteiger partial charge < -0.3 is 14.9 Å². The zero-order chi connectivity index (χ0) is 21.9. The Morgan fingerprint density at radius 1 is 1.13 bits per heavy atom. The molecule has 1 amide bonds. The Balaban J connectivity index is 1.38. The lowest BCUT2D eigenvalue weighted by atomic mass is 9.63. The van der Waals surface area contributed by atoms with Gasteiger partial charge in [0.1, 0.15) is 0 Å². The molecule has 0 atom stereocenters. The molecule has 1 heterocycles. The standard InChI is InChI=1S/C23H31F3N2O2/c1-21(30)11-17(12-21)20(29)28-13-22(14-28)6-4-15(5-7-22)16-8-18(23(24,25)26)10-19(9-16)27(2)3/h8-10,15,17,30H,4-7,11-14H2,1-3H3. The Labute approximate surface area is 176 Å². The largest absolute Gasteiger partial charge is 0.416 e. The fraction of sp³-hybridized carbons (Fsp3) is 0.696. The van der Waals surface area contributed by atoms with Crippen molar-refractivity contribution in [3.8, 4) is 0 Å². The van der Waals surface area contributed by atoms with Gasteiger partial charge in [-0.3, -0.25) is 4.79 Å². The van der Waals surface area contributed by atoms with Gasteiger partial charge in [-0.1, -0.05) is 0 Å². The highest BCUT2D eigenvalue weighted by Crippen LogP contribution is 2.50. The van der Waals surface area contributed by atoms with Crippen LogP contribution >= 0.6 is 0 Å². The molecule has 4 rings (SSSR count). The summed E-state index contributed by atoms with van der Waals surface area (Å²) in [4.78, 5) is 16.2. The molecule has 1 aliphatic heterocycles. The Morgan fingerprint density at radius 3 is 2.23 bits per heavy atom. The second-order valence-electron chi connectivity index (χ2n) is 10.3. The van der Waals surface area contributed by atoms with Gasteiger partial charge in [0.25, 0.3) is 0 Å². The van der Waals surface area contributed by atoms with Crippen molar-refractivity contribution in [2.45, 2.75) is 63.1 Å². The van der Waals surface area contributed by atoms with E-state index in [1.807, 2.05) is 11.0 Å². The lowest BCUT2D eigenvalue weighted by Crippen LogP contribution is -2.62. The first-order chi connectivity index (χ1) is 13.9. The fourth-order valence-electron chi connectivity index (χ4n) is 5.53. The molecule has 0 aromatic heterocycles. The lowest BCUT2D eigenvalue weighted by molar-refractivity contribution is -0.163. The lowest BCUT2D eigenvalue weighted by Gasteiger charge is -2.55. The van der Waals surface area contributed by atoms with Crippen molar-refractivity contribution in [2.75, 3.05) is 32.1 Å². The molecule has 0 radical (unpaired) electrons. The van der Waals surface area contributed by atoms with E-state index < -0.39 is 17.3 Å². The van der Waals surface area contributed by atoms with Gasteiger partial charge in [0, 0.05) is 44.2 Å². The Hall–Kier alpha value is -1.76. The number of aliphatic hydroxyl groups is 1. The third kappa shape index (κ3) is 4.05. The summed E-state index contributed by atoms with van der Waals surface area (Å²) >= 11 is 0. The second kappa shape index (κ2) is 7.14. The van der Waals surface area contributed by atoms with Gasteiger partial charge in [-0.25, -0.2) is 0 Å². The van der Waals surface area contributed by atoms with E-state index in [1.54, 1.807) is 25.9 Å². The smallest absolute Gasteiger partial charge is 0.390 e. The molecule has 3 aliphatic rings. The van der Waals surface area contributed by atoms with Crippen molar-refractivity contribution in [2.24, 2.45) is 11.3 Å². The summed E-state index contributed by atoms with van der Waals surface area (Å²) in [5.41, 5.74) is 0.201. The van der Waals surface area contributed by atoms with Gasteiger partial charge in [0.15, 0.2) is 0 Å². The maximum Gasteiger partial charge on any atom is 0.416 e. The first-order valence-electron chi connectivity index (χ1n) is 10.8. The van der Waals surface area contributed by atoms with E-state index in [0.717, 1.165) is 44.3 Å². The van der Waals surface area contributed by atoms with Crippen LogP contribution in [0.3, 0.4) is 0 Å². The molecule has 1 spiro atoms. The molecular weight excluding hydrogens is 393 g/mol. The quantitative estimate of drug-likeness (QED) is 0.781. The normalized spacial score (nSPS) is 28.8. The average molecular weight is 425 g/mol. The van der Waals surface area contributed by atoms with Gasteiger partial charge in [0.2, 0.25) is 5.91 Å². The summed E-state index contributed by atoms with van der Waals surface area (Å²) in [6.07, 6.45) is 0.331. The molecule has 2 aliphatic carbocycles. The highest BCUT2D eigenvalue weighted by molar-refractivity contribution is 5.81. The van der Waals surface area contributed by atoms with Gasteiger partial charge in [0.05, 0.1) is 11.2 Å². The molecule has 166 valence electrons. The third-order valence-electron chi connectivity index (χ3n) is 7.39. The molecule has 4 nitrogen and oxygen atoms in total. The summed E-state index contributed by atoms with van der Waals surface area (Å²) in [6.45, 7) is 3.27. The number of likely N-dealkylation sites (tertiary alicyclic amines) is 1. The molecule has 0 bridgehead atoms. The molecular formula is C23H31F3N2O2. The Morgan fingerprint density at radius 2 is 1.73 bits per heavy atom. The number of hydrogen-bond donors (Lipinski definition) is 1. The summed E-state index contributed by atoms with van der Waals surface area (Å²) < 4.78 is 40.1. The number of halogens is 3. The van der Waals surface area contributed by atoms with E-state index in [0.29, 0.717) is 18.5 Å². The predicted octanol–water partition coefficient (Wildman–Crippen LogP) is 4.42. The molecule has 1 aromatic carbocycles. The molecule has 1 aromatic rings. The van der Waals surface area contributed by atoms with Crippen LogP contribution < -0.4 is 4.90 Å². The van der Waals surface area contributed by atoms with Gasteiger partial charge in [-0.15, -0.1) is 0 Å². The molecule has 1 N–H and O–H groups in total. The number of carbonyl (C=O) groups is 1. The van der Waals surface area contributed by atoms with Crippen molar-refractivity contribution in [1.29, 1.82) is 0 Å². The Bertz CT molecular complexity index is 810. The maximum absolute atomic E-state index is 13.4. The van der Waals surface area contributed by atoms with Crippen molar-refractivity contribution in [1.82, 2.24) is 4.90 Å². The minimum atomic E-state index is -4.35. The zero-order valence-electron chi connectivity index (χ0n) is 17.9. The van der Waals surface area contributed by atoms with E-state index in [4.69, 9.17) is 0 Å². The van der Waals surface area contributed by atoms with Crippen LogP contribution in [0.25, 0.3) is 0 Å². The van der Waals surface area contributed by atoms with Crippen LogP contribution in [0.15, 0.2) is 18.2 Å². The van der Waals surface area contributed by atoms with E-state index in [-0.39, 0.29) is 23.2 Å². The SMILES string of the molecule is CN(C)c1cc(C2CCC3(CC2)CN(C(=O)C2CC(C)(O)C2)C3)cc(C(F)(F)F)c1. The summed E-state index contributed by atoms with van der Waals surface area (Å²) in [7, 11) is 3.52. The number of anilines is 1. The van der Waals surface area contributed by atoms with Crippen LogP contribution in [0.1, 0.15) is 62.5 Å². The summed E-state index contributed by atoms with van der Waals surface area (Å²) in [5.74, 6) is 0.231. The topological polar surface area (TPSA) is 43.8 Å². The zero-order valence-corrected chi connectivity index (χ0v) is 17.9. The number of alkyl halides is 3. The van der Waals surface area contributed by atoms with Gasteiger partial charge >= 0.3 is 6.18 Å². The van der Waals surface area contributed by atoms with Crippen LogP contribution in [0.2, 0.25) is 0 Å². The van der Waals surface area contributed by atoms with E-state index in [9.17, 15) is 23.1 Å². The van der Waals surface area contributed by atoms with Crippen LogP contribution in [0, 0.1) is 11.3 Å². The van der Waals surface area contributed by atoms with Crippen LogP contribution in [0.4, 0.5) is 18.9 Å². The predicted molar refractivity (Wildman–Crippen MR) is 109 cm³/mol. The van der Waals surface area contributed by atoms with Crippen molar-refractivity contribution in [3.63, 3.8) is 0 Å². The summed E-state index contributed by atoms with van der Waals surface area (Å²) in [5, 5.41) is 9.86. The average Bonchev–Trinajstić information content (AvgIpc) is 2.62. The highest BCUT2D eigenvalue weighted by Gasteiger charge is 2.51. The minimum absolute atomic E-state index is 0.0525. The van der Waals surface area contributed by atoms with Gasteiger partial charge in [-0.05, 0) is 75.1 Å². The second-order valence-corrected chi connectivity index (χ2v) is 10.3. The monoisotopic (exact) mass is 424 g/mol. The molecule has 1 saturated heterocycles. The number of carbonyl (C=O) groups excluding carboxylic acids is 1. The molecule has 2 saturated carbocycles. The number of hydrogen-bond acceptors (Lipinski definition) is 3. The van der Waals surface area contributed by atoms with E-state index in [1.165, 1.54) is 12.1 Å². The van der Waals surface area contributed by atoms with Crippen LogP contribution in [-0.2, 0) is 11.0 Å². The van der Waals surface area contributed by atoms with Crippen LogP contribution in [-0.4, -0.2) is 48.7 Å². The van der Waals surface area contributed by atoms with Crippen LogP contribution in [0.5, 0.6) is 0 Å². The maximum atomic E-state index is 13.4. The molecule has 7 heteroatoms. The molecule has 3 fully saturated rings. The van der Waals surface area contributed by atoms with Crippen molar-refractivity contribution >= 4 is 11.6 Å². The number of rotatable bonds is 3. The summed E-state index contributed by atoms with van der Waals surface area (Å²) in [6, 6.07) is 4.41. The fourth-order valence-corrected chi connectivity index (χ4v) is 5.53. The molecule has 30 heavy (non-hydrogen) atoms.